The van der Waals surface area contributed by atoms with E-state index < -0.39 is 0 Å². The molecular formula is C16H23N3O2. The molecule has 0 aromatic heterocycles. The first kappa shape index (κ1) is 14.4. The molecule has 1 aromatic carbocycles. The molecule has 5 heteroatoms. The first-order valence-electron chi connectivity index (χ1n) is 7.67. The van der Waals surface area contributed by atoms with Crippen LogP contribution in [0.5, 0.6) is 0 Å². The van der Waals surface area contributed by atoms with Gasteiger partial charge in [0.15, 0.2) is 0 Å². The summed E-state index contributed by atoms with van der Waals surface area (Å²) in [4.78, 5) is 16.4. The fraction of sp³-hybridized carbons (Fsp3) is 0.562. The van der Waals surface area contributed by atoms with Crippen molar-refractivity contribution >= 4 is 6.09 Å². The van der Waals surface area contributed by atoms with Crippen LogP contribution in [0, 0.1) is 0 Å². The Morgan fingerprint density at radius 3 is 2.71 bits per heavy atom. The molecule has 114 valence electrons. The molecule has 21 heavy (non-hydrogen) atoms. The Labute approximate surface area is 125 Å². The highest BCUT2D eigenvalue weighted by molar-refractivity contribution is 5.67. The number of nitrogens with two attached hydrogens (primary N) is 1. The number of likely N-dealkylation sites (tertiary alicyclic amines) is 2. The molecule has 1 amide bonds. The fourth-order valence-corrected chi connectivity index (χ4v) is 3.08. The lowest BCUT2D eigenvalue weighted by molar-refractivity contribution is 0.0309. The zero-order chi connectivity index (χ0) is 14.7. The quantitative estimate of drug-likeness (QED) is 0.914. The minimum Gasteiger partial charge on any atom is -0.445 e. The van der Waals surface area contributed by atoms with E-state index in [0.29, 0.717) is 18.7 Å². The normalized spacial score (nSPS) is 23.7. The van der Waals surface area contributed by atoms with Crippen LogP contribution in [0.15, 0.2) is 30.3 Å². The third kappa shape index (κ3) is 3.54. The molecule has 2 aliphatic heterocycles. The number of carbonyl (C=O) groups is 1. The Morgan fingerprint density at radius 2 is 2.00 bits per heavy atom. The van der Waals surface area contributed by atoms with Crippen LogP contribution in [0.3, 0.4) is 0 Å². The molecule has 1 atom stereocenters. The predicted molar refractivity (Wildman–Crippen MR) is 80.8 cm³/mol. The van der Waals surface area contributed by atoms with E-state index in [1.807, 2.05) is 35.2 Å². The van der Waals surface area contributed by atoms with Crippen LogP contribution in [0.25, 0.3) is 0 Å². The number of benzene rings is 1. The van der Waals surface area contributed by atoms with Gasteiger partial charge in [0.1, 0.15) is 6.61 Å². The SMILES string of the molecule is NC1CN(C2CCCN(C(=O)OCc3ccccc3)C2)C1. The van der Waals surface area contributed by atoms with Crippen LogP contribution in [0.1, 0.15) is 18.4 Å². The number of ether oxygens (including phenoxy) is 1. The van der Waals surface area contributed by atoms with Crippen LogP contribution in [-0.2, 0) is 11.3 Å². The second-order valence-corrected chi connectivity index (χ2v) is 6.00. The molecule has 3 rings (SSSR count). The Kier molecular flexibility index (Phi) is 4.41. The third-order valence-corrected chi connectivity index (χ3v) is 4.31. The van der Waals surface area contributed by atoms with Gasteiger partial charge in [-0.3, -0.25) is 4.90 Å². The first-order valence-corrected chi connectivity index (χ1v) is 7.67. The smallest absolute Gasteiger partial charge is 0.410 e. The molecule has 0 spiro atoms. The van der Waals surface area contributed by atoms with Crippen molar-refractivity contribution in [1.82, 2.24) is 9.80 Å². The van der Waals surface area contributed by atoms with Crippen LogP contribution in [-0.4, -0.2) is 54.2 Å². The average Bonchev–Trinajstić information content (AvgIpc) is 2.50. The second-order valence-electron chi connectivity index (χ2n) is 6.00. The van der Waals surface area contributed by atoms with Crippen molar-refractivity contribution in [2.24, 2.45) is 5.73 Å². The summed E-state index contributed by atoms with van der Waals surface area (Å²) < 4.78 is 5.41. The average molecular weight is 289 g/mol. The van der Waals surface area contributed by atoms with Crippen LogP contribution < -0.4 is 5.73 Å². The molecule has 1 unspecified atom stereocenters. The highest BCUT2D eigenvalue weighted by Crippen LogP contribution is 2.21. The molecule has 2 N–H and O–H groups in total. The van der Waals surface area contributed by atoms with Gasteiger partial charge in [-0.2, -0.15) is 0 Å². The monoisotopic (exact) mass is 289 g/mol. The largest absolute Gasteiger partial charge is 0.445 e. The van der Waals surface area contributed by atoms with Crippen LogP contribution >= 0.6 is 0 Å². The van der Waals surface area contributed by atoms with Crippen LogP contribution in [0.4, 0.5) is 4.79 Å². The molecule has 2 aliphatic rings. The number of nitrogens with zero attached hydrogens (tertiary/aromatic N) is 2. The molecule has 0 saturated carbocycles. The minimum atomic E-state index is -0.201. The fourth-order valence-electron chi connectivity index (χ4n) is 3.08. The molecule has 0 bridgehead atoms. The van der Waals surface area contributed by atoms with Gasteiger partial charge in [-0.25, -0.2) is 4.79 Å². The maximum Gasteiger partial charge on any atom is 0.410 e. The Bertz CT molecular complexity index is 474. The molecule has 0 aliphatic carbocycles. The zero-order valence-electron chi connectivity index (χ0n) is 12.3. The summed E-state index contributed by atoms with van der Waals surface area (Å²) in [6.45, 7) is 3.81. The highest BCUT2D eigenvalue weighted by atomic mass is 16.6. The van der Waals surface area contributed by atoms with Crippen molar-refractivity contribution in [3.8, 4) is 0 Å². The van der Waals surface area contributed by atoms with Gasteiger partial charge in [-0.15, -0.1) is 0 Å². The summed E-state index contributed by atoms with van der Waals surface area (Å²) in [5.74, 6) is 0. The molecule has 2 saturated heterocycles. The van der Waals surface area contributed by atoms with Gasteiger partial charge in [0.25, 0.3) is 0 Å². The van der Waals surface area contributed by atoms with E-state index >= 15 is 0 Å². The maximum absolute atomic E-state index is 12.2. The van der Waals surface area contributed by atoms with E-state index in [0.717, 1.165) is 44.6 Å². The number of carbonyl (C=O) groups excluding carboxylic acids is 1. The summed E-state index contributed by atoms with van der Waals surface area (Å²) in [6, 6.07) is 10.5. The van der Waals surface area contributed by atoms with Gasteiger partial charge >= 0.3 is 6.09 Å². The summed E-state index contributed by atoms with van der Waals surface area (Å²) in [7, 11) is 0. The number of hydrogen-bond acceptors (Lipinski definition) is 4. The Balaban J connectivity index is 1.48. The lowest BCUT2D eigenvalue weighted by Crippen LogP contribution is -2.62. The van der Waals surface area contributed by atoms with Crippen molar-refractivity contribution in [2.75, 3.05) is 26.2 Å². The Morgan fingerprint density at radius 1 is 1.24 bits per heavy atom. The molecule has 2 fully saturated rings. The highest BCUT2D eigenvalue weighted by Gasteiger charge is 2.34. The molecule has 2 heterocycles. The minimum absolute atomic E-state index is 0.201. The van der Waals surface area contributed by atoms with Gasteiger partial charge in [-0.1, -0.05) is 30.3 Å². The summed E-state index contributed by atoms with van der Waals surface area (Å²) in [6.07, 6.45) is 1.99. The molecule has 5 nitrogen and oxygen atoms in total. The van der Waals surface area contributed by atoms with Gasteiger partial charge in [0.05, 0.1) is 0 Å². The second kappa shape index (κ2) is 6.45. The van der Waals surface area contributed by atoms with Crippen molar-refractivity contribution in [1.29, 1.82) is 0 Å². The maximum atomic E-state index is 12.2. The Hall–Kier alpha value is -1.59. The van der Waals surface area contributed by atoms with Crippen molar-refractivity contribution in [3.05, 3.63) is 35.9 Å². The molecular weight excluding hydrogens is 266 g/mol. The van der Waals surface area contributed by atoms with Gasteiger partial charge in [-0.05, 0) is 18.4 Å². The van der Waals surface area contributed by atoms with Gasteiger partial charge in [0, 0.05) is 38.3 Å². The first-order chi connectivity index (χ1) is 10.2. The van der Waals surface area contributed by atoms with E-state index in [9.17, 15) is 4.79 Å². The van der Waals surface area contributed by atoms with E-state index in [2.05, 4.69) is 4.90 Å². The standard InChI is InChI=1S/C16H23N3O2/c17-14-9-19(10-14)15-7-4-8-18(11-15)16(20)21-12-13-5-2-1-3-6-13/h1-3,5-6,14-15H,4,7-12,17H2. The number of amides is 1. The van der Waals surface area contributed by atoms with Crippen molar-refractivity contribution in [3.63, 3.8) is 0 Å². The lowest BCUT2D eigenvalue weighted by Gasteiger charge is -2.46. The summed E-state index contributed by atoms with van der Waals surface area (Å²) >= 11 is 0. The summed E-state index contributed by atoms with van der Waals surface area (Å²) in [5, 5.41) is 0. The zero-order valence-corrected chi connectivity index (χ0v) is 12.3. The predicted octanol–water partition coefficient (Wildman–Crippen LogP) is 1.43. The number of rotatable bonds is 3. The van der Waals surface area contributed by atoms with Gasteiger partial charge < -0.3 is 15.4 Å². The molecule has 0 radical (unpaired) electrons. The van der Waals surface area contributed by atoms with Crippen LogP contribution in [0.2, 0.25) is 0 Å². The summed E-state index contributed by atoms with van der Waals surface area (Å²) in [5.41, 5.74) is 6.86. The van der Waals surface area contributed by atoms with E-state index in [1.54, 1.807) is 0 Å². The van der Waals surface area contributed by atoms with Gasteiger partial charge in [0.2, 0.25) is 0 Å². The molecule has 1 aromatic rings. The van der Waals surface area contributed by atoms with Crippen molar-refractivity contribution in [2.45, 2.75) is 31.5 Å². The van der Waals surface area contributed by atoms with E-state index in [1.165, 1.54) is 0 Å². The number of piperidine rings is 1. The number of hydrogen-bond donors (Lipinski definition) is 1. The van der Waals surface area contributed by atoms with E-state index in [-0.39, 0.29) is 6.09 Å². The van der Waals surface area contributed by atoms with E-state index in [4.69, 9.17) is 10.5 Å². The third-order valence-electron chi connectivity index (χ3n) is 4.31. The lowest BCUT2D eigenvalue weighted by atomic mass is 9.99. The van der Waals surface area contributed by atoms with Crippen molar-refractivity contribution < 1.29 is 9.53 Å². The topological polar surface area (TPSA) is 58.8 Å².